The van der Waals surface area contributed by atoms with Crippen LogP contribution < -0.4 is 4.72 Å². The van der Waals surface area contributed by atoms with Gasteiger partial charge in [0.15, 0.2) is 0 Å². The molecule has 0 saturated heterocycles. The second-order valence-corrected chi connectivity index (χ2v) is 7.67. The van der Waals surface area contributed by atoms with Crippen molar-refractivity contribution in [3.05, 3.63) is 29.8 Å². The van der Waals surface area contributed by atoms with Crippen LogP contribution in [0.5, 0.6) is 0 Å². The molecule has 0 radical (unpaired) electrons. The van der Waals surface area contributed by atoms with Crippen LogP contribution in [0.2, 0.25) is 0 Å². The molecule has 1 aliphatic carbocycles. The minimum absolute atomic E-state index is 0.102. The molecule has 1 aliphatic rings. The lowest BCUT2D eigenvalue weighted by molar-refractivity contribution is 0.538. The summed E-state index contributed by atoms with van der Waals surface area (Å²) in [6.45, 7) is 6.37. The molecule has 2 unspecified atom stereocenters. The molecular weight excluding hydrogens is 258 g/mol. The van der Waals surface area contributed by atoms with Crippen LogP contribution in [0.25, 0.3) is 0 Å². The molecule has 3 nitrogen and oxygen atoms in total. The van der Waals surface area contributed by atoms with Gasteiger partial charge in [0.05, 0.1) is 4.90 Å². The fourth-order valence-corrected chi connectivity index (χ4v) is 3.92. The van der Waals surface area contributed by atoms with Crippen molar-refractivity contribution in [1.82, 2.24) is 4.72 Å². The second-order valence-electron chi connectivity index (χ2n) is 5.96. The highest BCUT2D eigenvalue weighted by Crippen LogP contribution is 2.26. The Bertz CT molecular complexity index is 520. The van der Waals surface area contributed by atoms with Crippen LogP contribution in [-0.2, 0) is 10.0 Å². The van der Waals surface area contributed by atoms with Crippen molar-refractivity contribution in [1.29, 1.82) is 0 Å². The molecule has 0 bridgehead atoms. The Morgan fingerprint density at radius 3 is 2.26 bits per heavy atom. The number of rotatable bonds is 4. The highest BCUT2D eigenvalue weighted by molar-refractivity contribution is 7.89. The van der Waals surface area contributed by atoms with Crippen molar-refractivity contribution in [2.45, 2.75) is 56.9 Å². The van der Waals surface area contributed by atoms with Crippen LogP contribution >= 0.6 is 0 Å². The van der Waals surface area contributed by atoms with E-state index in [0.717, 1.165) is 24.8 Å². The second kappa shape index (κ2) is 5.63. The molecule has 1 saturated carbocycles. The summed E-state index contributed by atoms with van der Waals surface area (Å²) in [5.74, 6) is 1.04. The largest absolute Gasteiger partial charge is 0.240 e. The van der Waals surface area contributed by atoms with E-state index < -0.39 is 10.0 Å². The Labute approximate surface area is 116 Å². The van der Waals surface area contributed by atoms with E-state index in [1.165, 1.54) is 0 Å². The molecule has 2 atom stereocenters. The summed E-state index contributed by atoms with van der Waals surface area (Å²) < 4.78 is 27.4. The van der Waals surface area contributed by atoms with Gasteiger partial charge in [0.1, 0.15) is 0 Å². The minimum atomic E-state index is -3.36. The SMILES string of the molecule is CC1CCC(NS(=O)(=O)c2ccc(C(C)C)cc2)C1. The molecule has 0 aromatic heterocycles. The van der Waals surface area contributed by atoms with Crippen molar-refractivity contribution in [3.8, 4) is 0 Å². The van der Waals surface area contributed by atoms with Gasteiger partial charge in [0.25, 0.3) is 0 Å². The van der Waals surface area contributed by atoms with Crippen LogP contribution in [-0.4, -0.2) is 14.5 Å². The van der Waals surface area contributed by atoms with Crippen molar-refractivity contribution in [2.75, 3.05) is 0 Å². The zero-order valence-corrected chi connectivity index (χ0v) is 12.7. The maximum Gasteiger partial charge on any atom is 0.240 e. The highest BCUT2D eigenvalue weighted by Gasteiger charge is 2.26. The van der Waals surface area contributed by atoms with Gasteiger partial charge in [0.2, 0.25) is 10.0 Å². The third-order valence-corrected chi connectivity index (χ3v) is 5.41. The van der Waals surface area contributed by atoms with Crippen molar-refractivity contribution in [3.63, 3.8) is 0 Å². The molecule has 1 N–H and O–H groups in total. The van der Waals surface area contributed by atoms with E-state index in [1.54, 1.807) is 12.1 Å². The predicted molar refractivity (Wildman–Crippen MR) is 77.7 cm³/mol. The molecule has 1 aromatic carbocycles. The lowest BCUT2D eigenvalue weighted by Crippen LogP contribution is -2.32. The van der Waals surface area contributed by atoms with Crippen molar-refractivity contribution < 1.29 is 8.42 Å². The smallest absolute Gasteiger partial charge is 0.208 e. The van der Waals surface area contributed by atoms with Gasteiger partial charge in [0, 0.05) is 6.04 Å². The molecule has 1 aromatic rings. The molecule has 0 spiro atoms. The van der Waals surface area contributed by atoms with E-state index >= 15 is 0 Å². The number of hydrogen-bond acceptors (Lipinski definition) is 2. The summed E-state index contributed by atoms with van der Waals surface area (Å²) in [5.41, 5.74) is 1.16. The van der Waals surface area contributed by atoms with Gasteiger partial charge >= 0.3 is 0 Å². The van der Waals surface area contributed by atoms with E-state index in [9.17, 15) is 8.42 Å². The van der Waals surface area contributed by atoms with Gasteiger partial charge in [-0.05, 0) is 48.8 Å². The maximum atomic E-state index is 12.3. The first kappa shape index (κ1) is 14.5. The van der Waals surface area contributed by atoms with E-state index in [-0.39, 0.29) is 6.04 Å². The first-order valence-electron chi connectivity index (χ1n) is 7.01. The van der Waals surface area contributed by atoms with E-state index in [0.29, 0.717) is 16.7 Å². The Morgan fingerprint density at radius 1 is 1.16 bits per heavy atom. The minimum Gasteiger partial charge on any atom is -0.208 e. The molecule has 19 heavy (non-hydrogen) atoms. The van der Waals surface area contributed by atoms with Crippen molar-refractivity contribution >= 4 is 10.0 Å². The van der Waals surface area contributed by atoms with Crippen LogP contribution in [0.4, 0.5) is 0 Å². The summed E-state index contributed by atoms with van der Waals surface area (Å²) >= 11 is 0. The number of benzene rings is 1. The normalized spacial score (nSPS) is 24.0. The standard InChI is InChI=1S/C15H23NO2S/c1-11(2)13-5-8-15(9-6-13)19(17,18)16-14-7-4-12(3)10-14/h5-6,8-9,11-12,14,16H,4,7,10H2,1-3H3. The summed E-state index contributed by atoms with van der Waals surface area (Å²) in [7, 11) is -3.36. The number of sulfonamides is 1. The Kier molecular flexibility index (Phi) is 4.31. The quantitative estimate of drug-likeness (QED) is 0.920. The van der Waals surface area contributed by atoms with Gasteiger partial charge in [-0.15, -0.1) is 0 Å². The molecule has 0 heterocycles. The Morgan fingerprint density at radius 2 is 1.79 bits per heavy atom. The predicted octanol–water partition coefficient (Wildman–Crippen LogP) is 3.28. The molecule has 1 fully saturated rings. The fraction of sp³-hybridized carbons (Fsp3) is 0.600. The molecule has 2 rings (SSSR count). The lowest BCUT2D eigenvalue weighted by atomic mass is 10.0. The molecule has 0 aliphatic heterocycles. The maximum absolute atomic E-state index is 12.3. The summed E-state index contributed by atoms with van der Waals surface area (Å²) in [5, 5.41) is 0. The average molecular weight is 281 g/mol. The molecule has 0 amide bonds. The number of hydrogen-bond donors (Lipinski definition) is 1. The van der Waals surface area contributed by atoms with Gasteiger partial charge < -0.3 is 0 Å². The molecule has 106 valence electrons. The summed E-state index contributed by atoms with van der Waals surface area (Å²) in [6, 6.07) is 7.31. The van der Waals surface area contributed by atoms with Crippen LogP contribution in [0.3, 0.4) is 0 Å². The average Bonchev–Trinajstić information content (AvgIpc) is 2.74. The third kappa shape index (κ3) is 3.57. The fourth-order valence-electron chi connectivity index (χ4n) is 2.63. The third-order valence-electron chi connectivity index (χ3n) is 3.87. The summed E-state index contributed by atoms with van der Waals surface area (Å²) in [4.78, 5) is 0.372. The van der Waals surface area contributed by atoms with Crippen LogP contribution in [0.1, 0.15) is 51.5 Å². The van der Waals surface area contributed by atoms with Crippen LogP contribution in [0.15, 0.2) is 29.2 Å². The lowest BCUT2D eigenvalue weighted by Gasteiger charge is -2.13. The van der Waals surface area contributed by atoms with Gasteiger partial charge in [-0.3, -0.25) is 0 Å². The first-order chi connectivity index (χ1) is 8.88. The molecular formula is C15H23NO2S. The number of nitrogens with one attached hydrogen (secondary N) is 1. The first-order valence-corrected chi connectivity index (χ1v) is 8.49. The Balaban J connectivity index is 2.11. The monoisotopic (exact) mass is 281 g/mol. The van der Waals surface area contributed by atoms with E-state index in [1.807, 2.05) is 12.1 Å². The Hall–Kier alpha value is -0.870. The van der Waals surface area contributed by atoms with E-state index in [2.05, 4.69) is 25.5 Å². The van der Waals surface area contributed by atoms with Crippen LogP contribution in [0, 0.1) is 5.92 Å². The van der Waals surface area contributed by atoms with E-state index in [4.69, 9.17) is 0 Å². The zero-order chi connectivity index (χ0) is 14.0. The van der Waals surface area contributed by atoms with Gasteiger partial charge in [-0.2, -0.15) is 0 Å². The topological polar surface area (TPSA) is 46.2 Å². The van der Waals surface area contributed by atoms with Crippen molar-refractivity contribution in [2.24, 2.45) is 5.92 Å². The highest BCUT2D eigenvalue weighted by atomic mass is 32.2. The van der Waals surface area contributed by atoms with Gasteiger partial charge in [-0.1, -0.05) is 32.9 Å². The zero-order valence-electron chi connectivity index (χ0n) is 11.9. The van der Waals surface area contributed by atoms with Gasteiger partial charge in [-0.25, -0.2) is 13.1 Å². The summed E-state index contributed by atoms with van der Waals surface area (Å²) in [6.07, 6.45) is 3.01. The molecule has 4 heteroatoms.